The molecule has 0 aromatic heterocycles. The van der Waals surface area contributed by atoms with Crippen molar-refractivity contribution >= 4 is 0 Å². The Hall–Kier alpha value is -1.04. The van der Waals surface area contributed by atoms with E-state index < -0.39 is 0 Å². The molecule has 0 heteroatoms. The van der Waals surface area contributed by atoms with Gasteiger partial charge in [-0.15, -0.1) is 0 Å². The Labute approximate surface area is 87.7 Å². The van der Waals surface area contributed by atoms with Crippen molar-refractivity contribution in [3.63, 3.8) is 0 Å². The normalized spacial score (nSPS) is 26.3. The van der Waals surface area contributed by atoms with Crippen LogP contribution in [-0.2, 0) is 0 Å². The van der Waals surface area contributed by atoms with E-state index in [0.29, 0.717) is 0 Å². The van der Waals surface area contributed by atoms with Gasteiger partial charge in [0, 0.05) is 0 Å². The van der Waals surface area contributed by atoms with Crippen molar-refractivity contribution in [1.82, 2.24) is 0 Å². The molecule has 1 aliphatic rings. The maximum Gasteiger partial charge on any atom is -0.0166 e. The van der Waals surface area contributed by atoms with Crippen molar-refractivity contribution in [2.75, 3.05) is 0 Å². The first kappa shape index (κ1) is 11.0. The quantitative estimate of drug-likeness (QED) is 0.489. The molecule has 0 aromatic rings. The summed E-state index contributed by atoms with van der Waals surface area (Å²) in [6, 6.07) is 0. The number of allylic oxidation sites excluding steroid dienone is 8. The standard InChI is InChI=1S/C14H20/c1-2-4-6-8-10-12-14-13-11-9-7-5-3-1/h1-4,7,9,12,14H,5-6,8,10-11,13H2/b3-1?,4-2+,9-7-,14-12+. The predicted molar refractivity (Wildman–Crippen MR) is 64.3 cm³/mol. The highest BCUT2D eigenvalue weighted by molar-refractivity contribution is 5.05. The van der Waals surface area contributed by atoms with Crippen LogP contribution in [0.4, 0.5) is 0 Å². The molecule has 0 unspecified atom stereocenters. The van der Waals surface area contributed by atoms with E-state index in [1.54, 1.807) is 0 Å². The highest BCUT2D eigenvalue weighted by Gasteiger charge is 1.81. The van der Waals surface area contributed by atoms with Gasteiger partial charge in [0.15, 0.2) is 0 Å². The van der Waals surface area contributed by atoms with Crippen LogP contribution in [0.3, 0.4) is 0 Å². The molecule has 0 atom stereocenters. The zero-order chi connectivity index (χ0) is 9.90. The van der Waals surface area contributed by atoms with Crippen molar-refractivity contribution in [3.8, 4) is 0 Å². The Kier molecular flexibility index (Phi) is 6.74. The van der Waals surface area contributed by atoms with Crippen molar-refractivity contribution in [2.45, 2.75) is 38.5 Å². The van der Waals surface area contributed by atoms with Crippen LogP contribution in [0.5, 0.6) is 0 Å². The molecule has 0 bridgehead atoms. The Morgan fingerprint density at radius 1 is 0.500 bits per heavy atom. The monoisotopic (exact) mass is 188 g/mol. The molecule has 0 saturated heterocycles. The second kappa shape index (κ2) is 8.55. The Bertz CT molecular complexity index is 228. The summed E-state index contributed by atoms with van der Waals surface area (Å²) >= 11 is 0. The molecule has 0 saturated carbocycles. The first-order valence-electron chi connectivity index (χ1n) is 5.62. The van der Waals surface area contributed by atoms with E-state index in [-0.39, 0.29) is 0 Å². The van der Waals surface area contributed by atoms with Crippen molar-refractivity contribution < 1.29 is 0 Å². The molecule has 0 amide bonds. The molecular formula is C14H20. The topological polar surface area (TPSA) is 0 Å². The van der Waals surface area contributed by atoms with Gasteiger partial charge in [-0.05, 0) is 38.5 Å². The van der Waals surface area contributed by atoms with Gasteiger partial charge in [-0.2, -0.15) is 0 Å². The maximum absolute atomic E-state index is 2.31. The largest absolute Gasteiger partial charge is 0.0885 e. The summed E-state index contributed by atoms with van der Waals surface area (Å²) in [5.74, 6) is 0. The van der Waals surface area contributed by atoms with Crippen LogP contribution in [0.2, 0.25) is 0 Å². The zero-order valence-electron chi connectivity index (χ0n) is 8.86. The zero-order valence-corrected chi connectivity index (χ0v) is 8.86. The molecule has 0 fully saturated rings. The van der Waals surface area contributed by atoms with Gasteiger partial charge in [0.25, 0.3) is 0 Å². The lowest BCUT2D eigenvalue weighted by Crippen LogP contribution is -1.71. The molecule has 76 valence electrons. The second-order valence-corrected chi connectivity index (χ2v) is 3.54. The fraction of sp³-hybridized carbons (Fsp3) is 0.429. The summed E-state index contributed by atoms with van der Waals surface area (Å²) < 4.78 is 0. The first-order chi connectivity index (χ1) is 7.00. The fourth-order valence-electron chi connectivity index (χ4n) is 1.41. The highest BCUT2D eigenvalue weighted by Crippen LogP contribution is 2.02. The van der Waals surface area contributed by atoms with E-state index in [1.165, 1.54) is 32.1 Å². The van der Waals surface area contributed by atoms with Crippen LogP contribution in [0.15, 0.2) is 48.6 Å². The van der Waals surface area contributed by atoms with Crippen molar-refractivity contribution in [1.29, 1.82) is 0 Å². The van der Waals surface area contributed by atoms with Crippen LogP contribution in [0.25, 0.3) is 0 Å². The van der Waals surface area contributed by atoms with E-state index in [2.05, 4.69) is 48.6 Å². The SMILES string of the molecule is C1=CC/C=C\CC/C=C/CCC/C=C/1. The molecule has 0 spiro atoms. The third kappa shape index (κ3) is 6.47. The third-order valence-electron chi connectivity index (χ3n) is 2.23. The lowest BCUT2D eigenvalue weighted by molar-refractivity contribution is 0.862. The van der Waals surface area contributed by atoms with Gasteiger partial charge in [0.1, 0.15) is 0 Å². The summed E-state index contributed by atoms with van der Waals surface area (Å²) in [6.07, 6.45) is 25.0. The molecule has 1 rings (SSSR count). The minimum Gasteiger partial charge on any atom is -0.0885 e. The Morgan fingerprint density at radius 2 is 1.14 bits per heavy atom. The van der Waals surface area contributed by atoms with Gasteiger partial charge in [-0.1, -0.05) is 48.6 Å². The highest BCUT2D eigenvalue weighted by atomic mass is 13.9. The molecule has 0 aromatic carbocycles. The fourth-order valence-corrected chi connectivity index (χ4v) is 1.41. The maximum atomic E-state index is 2.31. The third-order valence-corrected chi connectivity index (χ3v) is 2.23. The lowest BCUT2D eigenvalue weighted by atomic mass is 10.2. The van der Waals surface area contributed by atoms with Crippen LogP contribution in [0.1, 0.15) is 38.5 Å². The first-order valence-corrected chi connectivity index (χ1v) is 5.62. The summed E-state index contributed by atoms with van der Waals surface area (Å²) in [7, 11) is 0. The molecule has 1 aliphatic carbocycles. The van der Waals surface area contributed by atoms with Gasteiger partial charge in [0.05, 0.1) is 0 Å². The second-order valence-electron chi connectivity index (χ2n) is 3.54. The molecule has 0 radical (unpaired) electrons. The summed E-state index contributed by atoms with van der Waals surface area (Å²) in [4.78, 5) is 0. The van der Waals surface area contributed by atoms with Gasteiger partial charge >= 0.3 is 0 Å². The lowest BCUT2D eigenvalue weighted by Gasteiger charge is -1.91. The molecular weight excluding hydrogens is 168 g/mol. The van der Waals surface area contributed by atoms with Gasteiger partial charge in [-0.25, -0.2) is 0 Å². The van der Waals surface area contributed by atoms with Gasteiger partial charge in [-0.3, -0.25) is 0 Å². The van der Waals surface area contributed by atoms with Crippen LogP contribution >= 0.6 is 0 Å². The van der Waals surface area contributed by atoms with E-state index in [4.69, 9.17) is 0 Å². The van der Waals surface area contributed by atoms with Crippen molar-refractivity contribution in [2.24, 2.45) is 0 Å². The minimum absolute atomic E-state index is 1.06. The molecule has 0 heterocycles. The molecule has 14 heavy (non-hydrogen) atoms. The van der Waals surface area contributed by atoms with E-state index in [1.807, 2.05) is 0 Å². The van der Waals surface area contributed by atoms with E-state index in [0.717, 1.165) is 6.42 Å². The van der Waals surface area contributed by atoms with Gasteiger partial charge < -0.3 is 0 Å². The minimum atomic E-state index is 1.06. The molecule has 0 nitrogen and oxygen atoms in total. The van der Waals surface area contributed by atoms with Gasteiger partial charge in [0.2, 0.25) is 0 Å². The van der Waals surface area contributed by atoms with Crippen LogP contribution < -0.4 is 0 Å². The molecule has 0 aliphatic heterocycles. The van der Waals surface area contributed by atoms with E-state index >= 15 is 0 Å². The average molecular weight is 188 g/mol. The van der Waals surface area contributed by atoms with Crippen LogP contribution in [0, 0.1) is 0 Å². The van der Waals surface area contributed by atoms with Crippen molar-refractivity contribution in [3.05, 3.63) is 48.6 Å². The average Bonchev–Trinajstić information content (AvgIpc) is 2.22. The number of rotatable bonds is 0. The Balaban J connectivity index is 2.34. The number of hydrogen-bond acceptors (Lipinski definition) is 0. The summed E-state index contributed by atoms with van der Waals surface area (Å²) in [5, 5.41) is 0. The molecule has 0 N–H and O–H groups in total. The number of hydrogen-bond donors (Lipinski definition) is 0. The predicted octanol–water partition coefficient (Wildman–Crippen LogP) is 4.57. The smallest absolute Gasteiger partial charge is 0.0166 e. The summed E-state index contributed by atoms with van der Waals surface area (Å²) in [6.45, 7) is 0. The summed E-state index contributed by atoms with van der Waals surface area (Å²) in [5.41, 5.74) is 0. The Morgan fingerprint density at radius 3 is 2.07 bits per heavy atom. The van der Waals surface area contributed by atoms with E-state index in [9.17, 15) is 0 Å². The van der Waals surface area contributed by atoms with Crippen LogP contribution in [-0.4, -0.2) is 0 Å².